The fourth-order valence-corrected chi connectivity index (χ4v) is 5.40. The SMILES string of the molecule is C[C@@H]1CCCN(S(=O)(=O)c2ccc(-c3nc(C#N)c(NCCCn4ccnc4)o3)cc2)C1. The van der Waals surface area contributed by atoms with Crippen molar-refractivity contribution in [1.82, 2.24) is 18.8 Å². The summed E-state index contributed by atoms with van der Waals surface area (Å²) in [6, 6.07) is 8.50. The molecule has 9 nitrogen and oxygen atoms in total. The number of anilines is 1. The molecule has 0 bridgehead atoms. The van der Waals surface area contributed by atoms with Gasteiger partial charge in [-0.3, -0.25) is 0 Å². The van der Waals surface area contributed by atoms with Crippen LogP contribution in [0.2, 0.25) is 0 Å². The molecule has 3 heterocycles. The number of aryl methyl sites for hydroxylation is 1. The van der Waals surface area contributed by atoms with Gasteiger partial charge >= 0.3 is 0 Å². The second-order valence-electron chi connectivity index (χ2n) is 8.02. The van der Waals surface area contributed by atoms with Crippen LogP contribution in [0.15, 0.2) is 52.3 Å². The van der Waals surface area contributed by atoms with Crippen LogP contribution in [-0.2, 0) is 16.6 Å². The van der Waals surface area contributed by atoms with Crippen molar-refractivity contribution in [2.45, 2.75) is 37.6 Å². The number of rotatable bonds is 8. The van der Waals surface area contributed by atoms with Gasteiger partial charge in [-0.2, -0.15) is 14.6 Å². The third kappa shape index (κ3) is 4.84. The molecule has 1 N–H and O–H groups in total. The van der Waals surface area contributed by atoms with E-state index in [1.807, 2.05) is 16.8 Å². The minimum absolute atomic E-state index is 0.168. The summed E-state index contributed by atoms with van der Waals surface area (Å²) in [6.07, 6.45) is 8.12. The van der Waals surface area contributed by atoms with Gasteiger partial charge in [0.2, 0.25) is 27.5 Å². The summed E-state index contributed by atoms with van der Waals surface area (Å²) in [6.45, 7) is 4.57. The molecule has 0 unspecified atom stereocenters. The maximum absolute atomic E-state index is 12.9. The molecule has 168 valence electrons. The van der Waals surface area contributed by atoms with Gasteiger partial charge < -0.3 is 14.3 Å². The molecule has 3 aromatic rings. The molecule has 1 fully saturated rings. The maximum atomic E-state index is 12.9. The molecular formula is C22H26N6O3S. The van der Waals surface area contributed by atoms with E-state index in [0.717, 1.165) is 25.8 Å². The van der Waals surface area contributed by atoms with Crippen LogP contribution in [0, 0.1) is 17.2 Å². The Morgan fingerprint density at radius 2 is 2.12 bits per heavy atom. The second-order valence-corrected chi connectivity index (χ2v) is 9.96. The standard InChI is InChI=1S/C22H26N6O3S/c1-17-4-2-12-28(15-17)32(29,30)19-7-5-18(6-8-19)21-26-20(14-23)22(31-21)25-9-3-11-27-13-10-24-16-27/h5-8,10,13,16-17,25H,2-4,9,11-12,15H2,1H3/t17-/m1/s1. The number of benzene rings is 1. The lowest BCUT2D eigenvalue weighted by Crippen LogP contribution is -2.39. The zero-order chi connectivity index (χ0) is 22.6. The van der Waals surface area contributed by atoms with Crippen LogP contribution in [0.25, 0.3) is 11.5 Å². The number of piperidine rings is 1. The maximum Gasteiger partial charge on any atom is 0.243 e. The fraction of sp³-hybridized carbons (Fsp3) is 0.409. The number of nitrogens with one attached hydrogen (secondary N) is 1. The van der Waals surface area contributed by atoms with Gasteiger partial charge in [-0.05, 0) is 49.4 Å². The predicted molar refractivity (Wildman–Crippen MR) is 119 cm³/mol. The number of sulfonamides is 1. The summed E-state index contributed by atoms with van der Waals surface area (Å²) in [5.74, 6) is 0.946. The number of hydrogen-bond acceptors (Lipinski definition) is 7. The zero-order valence-corrected chi connectivity index (χ0v) is 18.8. The Balaban J connectivity index is 1.44. The zero-order valence-electron chi connectivity index (χ0n) is 17.9. The number of nitriles is 1. The number of oxazole rings is 1. The van der Waals surface area contributed by atoms with Crippen molar-refractivity contribution in [1.29, 1.82) is 5.26 Å². The van der Waals surface area contributed by atoms with Crippen molar-refractivity contribution in [3.63, 3.8) is 0 Å². The summed E-state index contributed by atoms with van der Waals surface area (Å²) in [5, 5.41) is 12.5. The Morgan fingerprint density at radius 3 is 2.81 bits per heavy atom. The van der Waals surface area contributed by atoms with Crippen LogP contribution in [0.5, 0.6) is 0 Å². The fourth-order valence-electron chi connectivity index (χ4n) is 3.80. The Labute approximate surface area is 187 Å². The molecule has 1 aromatic carbocycles. The van der Waals surface area contributed by atoms with Gasteiger partial charge in [0, 0.05) is 44.1 Å². The normalized spacial score (nSPS) is 17.2. The third-order valence-electron chi connectivity index (χ3n) is 5.53. The van der Waals surface area contributed by atoms with Gasteiger partial charge in [0.05, 0.1) is 11.2 Å². The van der Waals surface area contributed by atoms with Crippen LogP contribution in [-0.4, -0.2) is 46.9 Å². The monoisotopic (exact) mass is 454 g/mol. The highest BCUT2D eigenvalue weighted by Crippen LogP contribution is 2.28. The lowest BCUT2D eigenvalue weighted by atomic mass is 10.0. The number of aromatic nitrogens is 3. The molecule has 0 spiro atoms. The van der Waals surface area contributed by atoms with E-state index in [1.54, 1.807) is 41.1 Å². The largest absolute Gasteiger partial charge is 0.419 e. The minimum Gasteiger partial charge on any atom is -0.419 e. The van der Waals surface area contributed by atoms with E-state index in [9.17, 15) is 13.7 Å². The van der Waals surface area contributed by atoms with Crippen molar-refractivity contribution < 1.29 is 12.8 Å². The Morgan fingerprint density at radius 1 is 1.31 bits per heavy atom. The number of nitrogens with zero attached hydrogens (tertiary/aromatic N) is 5. The smallest absolute Gasteiger partial charge is 0.243 e. The van der Waals surface area contributed by atoms with Gasteiger partial charge in [0.1, 0.15) is 6.07 Å². The Bertz CT molecular complexity index is 1180. The number of imidazole rings is 1. The highest BCUT2D eigenvalue weighted by atomic mass is 32.2. The van der Waals surface area contributed by atoms with Crippen molar-refractivity contribution in [2.75, 3.05) is 25.0 Å². The molecule has 1 aliphatic rings. The van der Waals surface area contributed by atoms with E-state index in [0.29, 0.717) is 37.0 Å². The van der Waals surface area contributed by atoms with E-state index >= 15 is 0 Å². The Hall–Kier alpha value is -3.16. The Kier molecular flexibility index (Phi) is 6.58. The lowest BCUT2D eigenvalue weighted by Gasteiger charge is -2.30. The molecule has 0 amide bonds. The van der Waals surface area contributed by atoms with Gasteiger partial charge in [-0.15, -0.1) is 0 Å². The van der Waals surface area contributed by atoms with Gasteiger partial charge in [-0.1, -0.05) is 6.92 Å². The van der Waals surface area contributed by atoms with Gasteiger partial charge in [0.25, 0.3) is 0 Å². The van der Waals surface area contributed by atoms with Gasteiger partial charge in [-0.25, -0.2) is 13.4 Å². The van der Waals surface area contributed by atoms with E-state index in [-0.39, 0.29) is 16.5 Å². The highest BCUT2D eigenvalue weighted by molar-refractivity contribution is 7.89. The summed E-state index contributed by atoms with van der Waals surface area (Å²) < 4.78 is 35.2. The molecule has 0 aliphatic carbocycles. The molecule has 2 aromatic heterocycles. The van der Waals surface area contributed by atoms with Crippen molar-refractivity contribution in [3.8, 4) is 17.5 Å². The summed E-state index contributed by atoms with van der Waals surface area (Å²) in [5.41, 5.74) is 0.778. The van der Waals surface area contributed by atoms with Crippen molar-refractivity contribution in [3.05, 3.63) is 48.7 Å². The van der Waals surface area contributed by atoms with Crippen LogP contribution >= 0.6 is 0 Å². The molecular weight excluding hydrogens is 428 g/mol. The minimum atomic E-state index is -3.52. The van der Waals surface area contributed by atoms with E-state index in [2.05, 4.69) is 22.2 Å². The molecule has 10 heteroatoms. The first-order valence-corrected chi connectivity index (χ1v) is 12.1. The third-order valence-corrected chi connectivity index (χ3v) is 7.41. The first kappa shape index (κ1) is 22.0. The second kappa shape index (κ2) is 9.54. The molecule has 1 saturated heterocycles. The van der Waals surface area contributed by atoms with Crippen LogP contribution in [0.3, 0.4) is 0 Å². The van der Waals surface area contributed by atoms with Gasteiger partial charge in [0.15, 0.2) is 0 Å². The molecule has 1 atom stereocenters. The van der Waals surface area contributed by atoms with Crippen LogP contribution in [0.1, 0.15) is 31.9 Å². The summed E-state index contributed by atoms with van der Waals surface area (Å²) in [4.78, 5) is 8.51. The average molecular weight is 455 g/mol. The average Bonchev–Trinajstić information content (AvgIpc) is 3.46. The predicted octanol–water partition coefficient (Wildman–Crippen LogP) is 3.33. The number of hydrogen-bond donors (Lipinski definition) is 1. The lowest BCUT2D eigenvalue weighted by molar-refractivity contribution is 0.281. The summed E-state index contributed by atoms with van der Waals surface area (Å²) >= 11 is 0. The molecule has 0 saturated carbocycles. The molecule has 1 aliphatic heterocycles. The van der Waals surface area contributed by atoms with E-state index < -0.39 is 10.0 Å². The topological polar surface area (TPSA) is 117 Å². The van der Waals surface area contributed by atoms with Crippen LogP contribution in [0.4, 0.5) is 5.88 Å². The van der Waals surface area contributed by atoms with Crippen molar-refractivity contribution >= 4 is 15.9 Å². The first-order chi connectivity index (χ1) is 15.5. The molecule has 0 radical (unpaired) electrons. The van der Waals surface area contributed by atoms with E-state index in [1.165, 1.54) is 0 Å². The van der Waals surface area contributed by atoms with Crippen molar-refractivity contribution in [2.24, 2.45) is 5.92 Å². The first-order valence-electron chi connectivity index (χ1n) is 10.7. The molecule has 4 rings (SSSR count). The quantitative estimate of drug-likeness (QED) is 0.519. The summed E-state index contributed by atoms with van der Waals surface area (Å²) in [7, 11) is -3.52. The molecule has 32 heavy (non-hydrogen) atoms. The van der Waals surface area contributed by atoms with Crippen LogP contribution < -0.4 is 5.32 Å². The highest BCUT2D eigenvalue weighted by Gasteiger charge is 2.28. The van der Waals surface area contributed by atoms with E-state index in [4.69, 9.17) is 4.42 Å².